The fourth-order valence-electron chi connectivity index (χ4n) is 2.24. The molecule has 114 valence electrons. The minimum Gasteiger partial charge on any atom is -0.351 e. The van der Waals surface area contributed by atoms with Gasteiger partial charge >= 0.3 is 0 Å². The van der Waals surface area contributed by atoms with E-state index < -0.39 is 0 Å². The summed E-state index contributed by atoms with van der Waals surface area (Å²) in [4.78, 5) is 13.2. The highest BCUT2D eigenvalue weighted by Crippen LogP contribution is 2.11. The predicted molar refractivity (Wildman–Crippen MR) is 81.8 cm³/mol. The Morgan fingerprint density at radius 2 is 2.18 bits per heavy atom. The lowest BCUT2D eigenvalue weighted by atomic mass is 10.1. The van der Waals surface area contributed by atoms with Crippen LogP contribution in [-0.4, -0.2) is 45.7 Å². The van der Waals surface area contributed by atoms with Gasteiger partial charge in [0.2, 0.25) is 11.7 Å². The number of hydrogen-bond donors (Lipinski definition) is 2. The molecule has 1 aromatic carbocycles. The fraction of sp³-hybridized carbons (Fsp3) is 0.333. The van der Waals surface area contributed by atoms with E-state index in [4.69, 9.17) is 0 Å². The van der Waals surface area contributed by atoms with E-state index in [2.05, 4.69) is 32.1 Å². The summed E-state index contributed by atoms with van der Waals surface area (Å²) in [5.41, 5.74) is 2.14. The van der Waals surface area contributed by atoms with Crippen molar-refractivity contribution in [3.8, 4) is 11.4 Å². The Morgan fingerprint density at radius 1 is 1.32 bits per heavy atom. The number of nitrogens with zero attached hydrogens (tertiary/aromatic N) is 4. The second-order valence-electron chi connectivity index (χ2n) is 5.10. The molecule has 0 spiro atoms. The lowest BCUT2D eigenvalue weighted by molar-refractivity contribution is -0.121. The van der Waals surface area contributed by atoms with Crippen LogP contribution in [0.25, 0.3) is 11.4 Å². The van der Waals surface area contributed by atoms with Gasteiger partial charge in [-0.15, -0.1) is 10.2 Å². The van der Waals surface area contributed by atoms with E-state index in [0.29, 0.717) is 12.4 Å². The average Bonchev–Trinajstić information content (AvgIpc) is 3.03. The molecule has 2 N–H and O–H groups in total. The van der Waals surface area contributed by atoms with Gasteiger partial charge in [-0.1, -0.05) is 42.0 Å². The van der Waals surface area contributed by atoms with Crippen LogP contribution in [0.2, 0.25) is 0 Å². The SMILES string of the molecule is O=C(Cn1nnc(-c2ccccc2)n1)NCC1=CCNCC1. The van der Waals surface area contributed by atoms with E-state index in [1.54, 1.807) is 0 Å². The number of carbonyl (C=O) groups is 1. The molecule has 1 aliphatic rings. The fourth-order valence-corrected chi connectivity index (χ4v) is 2.24. The maximum absolute atomic E-state index is 11.9. The zero-order chi connectivity index (χ0) is 15.2. The standard InChI is InChI=1S/C15H18N6O/c22-14(17-10-12-6-8-16-9-7-12)11-21-19-15(18-20-21)13-4-2-1-3-5-13/h1-6,16H,7-11H2,(H,17,22). The molecule has 22 heavy (non-hydrogen) atoms. The van der Waals surface area contributed by atoms with Gasteiger partial charge in [0, 0.05) is 18.7 Å². The molecule has 1 aromatic heterocycles. The Balaban J connectivity index is 1.53. The third kappa shape index (κ3) is 3.76. The van der Waals surface area contributed by atoms with Gasteiger partial charge < -0.3 is 10.6 Å². The first-order chi connectivity index (χ1) is 10.8. The lowest BCUT2D eigenvalue weighted by Crippen LogP contribution is -2.32. The molecule has 3 rings (SSSR count). The minimum absolute atomic E-state index is 0.0748. The topological polar surface area (TPSA) is 84.7 Å². The van der Waals surface area contributed by atoms with E-state index in [0.717, 1.165) is 25.1 Å². The highest BCUT2D eigenvalue weighted by atomic mass is 16.2. The Labute approximate surface area is 128 Å². The van der Waals surface area contributed by atoms with Crippen LogP contribution >= 0.6 is 0 Å². The monoisotopic (exact) mass is 298 g/mol. The molecule has 7 heteroatoms. The van der Waals surface area contributed by atoms with Crippen LogP contribution < -0.4 is 10.6 Å². The summed E-state index contributed by atoms with van der Waals surface area (Å²) >= 11 is 0. The number of amides is 1. The number of rotatable bonds is 5. The van der Waals surface area contributed by atoms with Crippen molar-refractivity contribution >= 4 is 5.91 Å². The number of carbonyl (C=O) groups excluding carboxylic acids is 1. The molecule has 0 saturated heterocycles. The Morgan fingerprint density at radius 3 is 2.95 bits per heavy atom. The van der Waals surface area contributed by atoms with Gasteiger partial charge in [0.05, 0.1) is 0 Å². The third-order valence-corrected chi connectivity index (χ3v) is 3.44. The van der Waals surface area contributed by atoms with Crippen LogP contribution in [0.3, 0.4) is 0 Å². The quantitative estimate of drug-likeness (QED) is 0.779. The third-order valence-electron chi connectivity index (χ3n) is 3.44. The molecule has 1 amide bonds. The molecule has 0 radical (unpaired) electrons. The Hall–Kier alpha value is -2.54. The first-order valence-corrected chi connectivity index (χ1v) is 7.30. The molecule has 0 unspecified atom stereocenters. The summed E-state index contributed by atoms with van der Waals surface area (Å²) in [5, 5.41) is 18.2. The van der Waals surface area contributed by atoms with Crippen molar-refractivity contribution < 1.29 is 4.79 Å². The molecule has 0 bridgehead atoms. The van der Waals surface area contributed by atoms with Crippen molar-refractivity contribution in [3.63, 3.8) is 0 Å². The summed E-state index contributed by atoms with van der Waals surface area (Å²) in [5.74, 6) is 0.408. The Bertz CT molecular complexity index is 664. The molecule has 0 atom stereocenters. The maximum Gasteiger partial charge on any atom is 0.243 e. The molecular weight excluding hydrogens is 280 g/mol. The number of benzene rings is 1. The first kappa shape index (κ1) is 14.4. The highest BCUT2D eigenvalue weighted by molar-refractivity contribution is 5.75. The normalized spacial score (nSPS) is 14.5. The highest BCUT2D eigenvalue weighted by Gasteiger charge is 2.10. The smallest absolute Gasteiger partial charge is 0.243 e. The summed E-state index contributed by atoms with van der Waals surface area (Å²) in [6.45, 7) is 2.50. The molecule has 2 aromatic rings. The zero-order valence-electron chi connectivity index (χ0n) is 12.2. The van der Waals surface area contributed by atoms with E-state index in [-0.39, 0.29) is 12.5 Å². The largest absolute Gasteiger partial charge is 0.351 e. The predicted octanol–water partition coefficient (Wildman–Crippen LogP) is 0.376. The van der Waals surface area contributed by atoms with Crippen molar-refractivity contribution in [2.45, 2.75) is 13.0 Å². The van der Waals surface area contributed by atoms with Crippen LogP contribution in [0.4, 0.5) is 0 Å². The van der Waals surface area contributed by atoms with E-state index in [9.17, 15) is 4.79 Å². The van der Waals surface area contributed by atoms with Gasteiger partial charge in [-0.3, -0.25) is 4.79 Å². The average molecular weight is 298 g/mol. The van der Waals surface area contributed by atoms with Gasteiger partial charge in [0.25, 0.3) is 0 Å². The van der Waals surface area contributed by atoms with Crippen LogP contribution in [0, 0.1) is 0 Å². The number of tetrazole rings is 1. The summed E-state index contributed by atoms with van der Waals surface area (Å²) < 4.78 is 0. The maximum atomic E-state index is 11.9. The molecule has 1 aliphatic heterocycles. The van der Waals surface area contributed by atoms with Crippen molar-refractivity contribution in [1.82, 2.24) is 30.8 Å². The molecule has 0 aliphatic carbocycles. The second-order valence-corrected chi connectivity index (χ2v) is 5.10. The van der Waals surface area contributed by atoms with Crippen molar-refractivity contribution in [1.29, 1.82) is 0 Å². The van der Waals surface area contributed by atoms with Crippen molar-refractivity contribution in [2.75, 3.05) is 19.6 Å². The van der Waals surface area contributed by atoms with E-state index >= 15 is 0 Å². The number of aromatic nitrogens is 4. The first-order valence-electron chi connectivity index (χ1n) is 7.30. The lowest BCUT2D eigenvalue weighted by Gasteiger charge is -2.14. The summed E-state index contributed by atoms with van der Waals surface area (Å²) in [7, 11) is 0. The zero-order valence-corrected chi connectivity index (χ0v) is 12.2. The van der Waals surface area contributed by atoms with Gasteiger partial charge in [-0.05, 0) is 18.2 Å². The second kappa shape index (κ2) is 6.95. The molecule has 0 fully saturated rings. The van der Waals surface area contributed by atoms with Crippen LogP contribution in [0.5, 0.6) is 0 Å². The van der Waals surface area contributed by atoms with Gasteiger partial charge in [-0.2, -0.15) is 4.80 Å². The van der Waals surface area contributed by atoms with Crippen molar-refractivity contribution in [2.24, 2.45) is 0 Å². The summed E-state index contributed by atoms with van der Waals surface area (Å²) in [6, 6.07) is 9.57. The molecule has 2 heterocycles. The molecule has 0 saturated carbocycles. The minimum atomic E-state index is -0.114. The van der Waals surface area contributed by atoms with Crippen molar-refractivity contribution in [3.05, 3.63) is 42.0 Å². The summed E-state index contributed by atoms with van der Waals surface area (Å²) in [6.07, 6.45) is 3.09. The van der Waals surface area contributed by atoms with Crippen LogP contribution in [0.1, 0.15) is 6.42 Å². The Kier molecular flexibility index (Phi) is 4.55. The number of nitrogens with one attached hydrogen (secondary N) is 2. The molecular formula is C15H18N6O. The van der Waals surface area contributed by atoms with Gasteiger partial charge in [-0.25, -0.2) is 0 Å². The van der Waals surface area contributed by atoms with E-state index in [1.807, 2.05) is 30.3 Å². The van der Waals surface area contributed by atoms with Gasteiger partial charge in [0.1, 0.15) is 6.54 Å². The van der Waals surface area contributed by atoms with Crippen LogP contribution in [0.15, 0.2) is 42.0 Å². The molecule has 7 nitrogen and oxygen atoms in total. The van der Waals surface area contributed by atoms with Gasteiger partial charge in [0.15, 0.2) is 0 Å². The number of hydrogen-bond acceptors (Lipinski definition) is 5. The van der Waals surface area contributed by atoms with Crippen LogP contribution in [-0.2, 0) is 11.3 Å². The van der Waals surface area contributed by atoms with E-state index in [1.165, 1.54) is 10.4 Å².